The first kappa shape index (κ1) is 14.5. The number of benzene rings is 1. The molecule has 0 atom stereocenters. The first-order valence-electron chi connectivity index (χ1n) is 6.34. The van der Waals surface area contributed by atoms with E-state index in [1.165, 1.54) is 0 Å². The third kappa shape index (κ3) is 5.19. The lowest BCUT2D eigenvalue weighted by atomic mass is 10.3. The van der Waals surface area contributed by atoms with E-state index in [9.17, 15) is 4.79 Å². The molecule has 0 fully saturated rings. The fourth-order valence-corrected chi connectivity index (χ4v) is 1.68. The second-order valence-corrected chi connectivity index (χ2v) is 4.02. The summed E-state index contributed by atoms with van der Waals surface area (Å²) in [5, 5.41) is 8.89. The molecule has 0 aromatic heterocycles. The molecule has 18 heavy (non-hydrogen) atoms. The van der Waals surface area contributed by atoms with Crippen LogP contribution in [0.15, 0.2) is 30.3 Å². The highest BCUT2D eigenvalue weighted by atomic mass is 16.5. The minimum absolute atomic E-state index is 0.00524. The molecule has 0 aliphatic heterocycles. The van der Waals surface area contributed by atoms with E-state index < -0.39 is 0 Å². The van der Waals surface area contributed by atoms with Gasteiger partial charge in [0.1, 0.15) is 5.75 Å². The number of hydrogen-bond donors (Lipinski definition) is 1. The number of carbonyl (C=O) groups is 1. The van der Waals surface area contributed by atoms with E-state index in [1.54, 1.807) is 4.90 Å². The lowest BCUT2D eigenvalue weighted by Gasteiger charge is -2.21. The van der Waals surface area contributed by atoms with Crippen molar-refractivity contribution in [3.05, 3.63) is 30.3 Å². The monoisotopic (exact) mass is 251 g/mol. The van der Waals surface area contributed by atoms with Crippen LogP contribution in [-0.2, 0) is 4.79 Å². The summed E-state index contributed by atoms with van der Waals surface area (Å²) in [6, 6.07) is 9.44. The van der Waals surface area contributed by atoms with Gasteiger partial charge in [-0.3, -0.25) is 4.79 Å². The van der Waals surface area contributed by atoms with Crippen molar-refractivity contribution in [2.45, 2.75) is 19.8 Å². The fraction of sp³-hybridized carbons (Fsp3) is 0.500. The van der Waals surface area contributed by atoms with Crippen LogP contribution in [0.2, 0.25) is 0 Å². The van der Waals surface area contributed by atoms with E-state index in [4.69, 9.17) is 9.84 Å². The number of carbonyl (C=O) groups excluding carboxylic acids is 1. The summed E-state index contributed by atoms with van der Waals surface area (Å²) in [5.74, 6) is 0.802. The van der Waals surface area contributed by atoms with Gasteiger partial charge >= 0.3 is 0 Å². The smallest absolute Gasteiger partial charge is 0.226 e. The summed E-state index contributed by atoms with van der Waals surface area (Å²) >= 11 is 0. The molecule has 0 bridgehead atoms. The molecule has 0 saturated carbocycles. The minimum atomic E-state index is 0.00524. The number of hydrogen-bond acceptors (Lipinski definition) is 3. The Labute approximate surface area is 108 Å². The van der Waals surface area contributed by atoms with Crippen molar-refractivity contribution < 1.29 is 14.6 Å². The maximum Gasteiger partial charge on any atom is 0.226 e. The normalized spacial score (nSPS) is 10.1. The van der Waals surface area contributed by atoms with Gasteiger partial charge in [0.25, 0.3) is 0 Å². The van der Waals surface area contributed by atoms with Crippen LogP contribution in [0.1, 0.15) is 19.8 Å². The molecule has 0 aliphatic rings. The summed E-state index contributed by atoms with van der Waals surface area (Å²) in [7, 11) is 0. The van der Waals surface area contributed by atoms with Crippen molar-refractivity contribution in [1.29, 1.82) is 0 Å². The van der Waals surface area contributed by atoms with Crippen LogP contribution in [0.4, 0.5) is 0 Å². The summed E-state index contributed by atoms with van der Waals surface area (Å²) in [4.78, 5) is 13.5. The van der Waals surface area contributed by atoms with E-state index >= 15 is 0 Å². The molecule has 4 nitrogen and oxygen atoms in total. The highest BCUT2D eigenvalue weighted by Gasteiger charge is 2.11. The molecule has 0 aliphatic carbocycles. The third-order valence-corrected chi connectivity index (χ3v) is 2.54. The highest BCUT2D eigenvalue weighted by Crippen LogP contribution is 2.08. The van der Waals surface area contributed by atoms with Crippen LogP contribution >= 0.6 is 0 Å². The minimum Gasteiger partial charge on any atom is -0.493 e. The Kier molecular flexibility index (Phi) is 6.87. The maximum absolute atomic E-state index is 11.8. The van der Waals surface area contributed by atoms with Gasteiger partial charge in [0.05, 0.1) is 19.6 Å². The molecule has 0 heterocycles. The number of nitrogens with zero attached hydrogens (tertiary/aromatic N) is 1. The van der Waals surface area contributed by atoms with Gasteiger partial charge in [-0.1, -0.05) is 25.1 Å². The van der Waals surface area contributed by atoms with Gasteiger partial charge in [-0.2, -0.15) is 0 Å². The molecule has 0 saturated heterocycles. The van der Waals surface area contributed by atoms with Crippen molar-refractivity contribution in [2.75, 3.05) is 26.3 Å². The zero-order valence-electron chi connectivity index (χ0n) is 10.8. The van der Waals surface area contributed by atoms with Crippen molar-refractivity contribution in [2.24, 2.45) is 0 Å². The number of aliphatic hydroxyl groups excluding tert-OH is 1. The Hall–Kier alpha value is -1.55. The van der Waals surface area contributed by atoms with Crippen LogP contribution in [0.5, 0.6) is 5.75 Å². The van der Waals surface area contributed by atoms with Gasteiger partial charge in [0.15, 0.2) is 0 Å². The van der Waals surface area contributed by atoms with Crippen LogP contribution in [-0.4, -0.2) is 42.2 Å². The van der Waals surface area contributed by atoms with E-state index in [-0.39, 0.29) is 12.5 Å². The number of rotatable bonds is 8. The summed E-state index contributed by atoms with van der Waals surface area (Å²) in [6.45, 7) is 3.47. The Bertz CT molecular complexity index is 334. The molecule has 1 amide bonds. The Balaban J connectivity index is 2.30. The van der Waals surface area contributed by atoms with E-state index in [0.717, 1.165) is 12.2 Å². The molecule has 1 aromatic rings. The first-order chi connectivity index (χ1) is 8.77. The molecule has 1 N–H and O–H groups in total. The molecule has 1 aromatic carbocycles. The van der Waals surface area contributed by atoms with Crippen molar-refractivity contribution in [1.82, 2.24) is 4.90 Å². The predicted octanol–water partition coefficient (Wildman–Crippen LogP) is 1.69. The summed E-state index contributed by atoms with van der Waals surface area (Å²) in [6.07, 6.45) is 1.24. The van der Waals surface area contributed by atoms with Gasteiger partial charge in [-0.05, 0) is 18.6 Å². The van der Waals surface area contributed by atoms with Gasteiger partial charge < -0.3 is 14.7 Å². The second-order valence-electron chi connectivity index (χ2n) is 4.02. The average molecular weight is 251 g/mol. The summed E-state index contributed by atoms with van der Waals surface area (Å²) in [5.41, 5.74) is 0. The number of aliphatic hydroxyl groups is 1. The molecule has 0 unspecified atom stereocenters. The van der Waals surface area contributed by atoms with Gasteiger partial charge in [0.2, 0.25) is 5.91 Å². The van der Waals surface area contributed by atoms with Crippen LogP contribution in [0.3, 0.4) is 0 Å². The van der Waals surface area contributed by atoms with Crippen molar-refractivity contribution in [3.8, 4) is 5.75 Å². The zero-order valence-corrected chi connectivity index (χ0v) is 10.8. The highest BCUT2D eigenvalue weighted by molar-refractivity contribution is 5.76. The molecular weight excluding hydrogens is 230 g/mol. The van der Waals surface area contributed by atoms with Gasteiger partial charge in [0, 0.05) is 13.1 Å². The number of ether oxygens (including phenoxy) is 1. The lowest BCUT2D eigenvalue weighted by Crippen LogP contribution is -2.35. The molecule has 100 valence electrons. The predicted molar refractivity (Wildman–Crippen MR) is 70.5 cm³/mol. The topological polar surface area (TPSA) is 49.8 Å². The quantitative estimate of drug-likeness (QED) is 0.765. The second kappa shape index (κ2) is 8.53. The Morgan fingerprint density at radius 3 is 2.61 bits per heavy atom. The lowest BCUT2D eigenvalue weighted by molar-refractivity contribution is -0.132. The fourth-order valence-electron chi connectivity index (χ4n) is 1.68. The average Bonchev–Trinajstić information content (AvgIpc) is 2.39. The summed E-state index contributed by atoms with van der Waals surface area (Å²) < 4.78 is 5.47. The van der Waals surface area contributed by atoms with Gasteiger partial charge in [-0.15, -0.1) is 0 Å². The zero-order chi connectivity index (χ0) is 13.2. The maximum atomic E-state index is 11.8. The van der Waals surface area contributed by atoms with Crippen LogP contribution in [0, 0.1) is 0 Å². The Morgan fingerprint density at radius 1 is 1.28 bits per heavy atom. The van der Waals surface area contributed by atoms with Gasteiger partial charge in [-0.25, -0.2) is 0 Å². The van der Waals surface area contributed by atoms with Crippen LogP contribution < -0.4 is 4.74 Å². The number of para-hydroxylation sites is 1. The molecule has 0 spiro atoms. The van der Waals surface area contributed by atoms with Crippen molar-refractivity contribution in [3.63, 3.8) is 0 Å². The molecule has 0 radical (unpaired) electrons. The molecule has 1 rings (SSSR count). The van der Waals surface area contributed by atoms with Crippen LogP contribution in [0.25, 0.3) is 0 Å². The van der Waals surface area contributed by atoms with E-state index in [1.807, 2.05) is 37.3 Å². The molecule has 4 heteroatoms. The number of amides is 1. The third-order valence-electron chi connectivity index (χ3n) is 2.54. The van der Waals surface area contributed by atoms with Crippen molar-refractivity contribution >= 4 is 5.91 Å². The SMILES string of the molecule is CCCN(CCO)C(=O)CCOc1ccccc1. The van der Waals surface area contributed by atoms with E-state index in [0.29, 0.717) is 26.1 Å². The first-order valence-corrected chi connectivity index (χ1v) is 6.34. The largest absolute Gasteiger partial charge is 0.493 e. The standard InChI is InChI=1S/C14H21NO3/c1-2-9-15(10-11-16)14(17)8-12-18-13-6-4-3-5-7-13/h3-7,16H,2,8-12H2,1H3. The Morgan fingerprint density at radius 2 is 2.00 bits per heavy atom. The molecular formula is C14H21NO3. The van der Waals surface area contributed by atoms with E-state index in [2.05, 4.69) is 0 Å².